The van der Waals surface area contributed by atoms with E-state index in [1.165, 1.54) is 11.8 Å². The Hall–Kier alpha value is -3.07. The van der Waals surface area contributed by atoms with Crippen LogP contribution in [0.25, 0.3) is 11.6 Å². The molecule has 1 aliphatic heterocycles. The zero-order chi connectivity index (χ0) is 23.3. The topological polar surface area (TPSA) is 84.5 Å². The zero-order valence-electron chi connectivity index (χ0n) is 19.1. The molecule has 5 rings (SSSR count). The number of benzene rings is 1. The molecule has 8 nitrogen and oxygen atoms in total. The highest BCUT2D eigenvalue weighted by atomic mass is 32.2. The molecule has 2 fully saturated rings. The van der Waals surface area contributed by atoms with Gasteiger partial charge in [-0.1, -0.05) is 54.9 Å². The number of piperazine rings is 1. The van der Waals surface area contributed by atoms with Gasteiger partial charge in [-0.05, 0) is 30.5 Å². The zero-order valence-corrected chi connectivity index (χ0v) is 20.0. The predicted octanol–water partition coefficient (Wildman–Crippen LogP) is 3.54. The molecular weight excluding hydrogens is 450 g/mol. The molecule has 0 radical (unpaired) electrons. The van der Waals surface area contributed by atoms with Gasteiger partial charge in [0.2, 0.25) is 17.6 Å². The average Bonchev–Trinajstić information content (AvgIpc) is 3.65. The first-order chi connectivity index (χ1) is 16.7. The Morgan fingerprint density at radius 2 is 1.68 bits per heavy atom. The molecule has 3 aromatic rings. The molecule has 9 heteroatoms. The summed E-state index contributed by atoms with van der Waals surface area (Å²) in [6.07, 6.45) is 5.95. The van der Waals surface area contributed by atoms with E-state index in [2.05, 4.69) is 22.3 Å². The molecule has 1 aliphatic carbocycles. The molecular formula is C25H29N5O3S. The highest BCUT2D eigenvalue weighted by Crippen LogP contribution is 2.28. The largest absolute Gasteiger partial charge is 0.461 e. The van der Waals surface area contributed by atoms with Gasteiger partial charge in [-0.25, -0.2) is 0 Å². The van der Waals surface area contributed by atoms with E-state index < -0.39 is 0 Å². The van der Waals surface area contributed by atoms with Crippen molar-refractivity contribution in [1.82, 2.24) is 24.6 Å². The van der Waals surface area contributed by atoms with E-state index in [9.17, 15) is 9.59 Å². The van der Waals surface area contributed by atoms with Crippen molar-refractivity contribution in [3.63, 3.8) is 0 Å². The van der Waals surface area contributed by atoms with Gasteiger partial charge in [0.15, 0.2) is 10.9 Å². The Kier molecular flexibility index (Phi) is 6.99. The second kappa shape index (κ2) is 10.5. The van der Waals surface area contributed by atoms with Crippen LogP contribution in [0, 0.1) is 5.92 Å². The number of rotatable bonds is 7. The highest BCUT2D eigenvalue weighted by Gasteiger charge is 2.30. The van der Waals surface area contributed by atoms with Crippen LogP contribution in [0.1, 0.15) is 31.2 Å². The number of amides is 2. The average molecular weight is 480 g/mol. The lowest BCUT2D eigenvalue weighted by atomic mass is 10.1. The molecule has 1 aromatic carbocycles. The third-order valence-electron chi connectivity index (χ3n) is 6.62. The number of hydrogen-bond donors (Lipinski definition) is 0. The maximum atomic E-state index is 12.9. The second-order valence-electron chi connectivity index (χ2n) is 8.83. The fraction of sp³-hybridized carbons (Fsp3) is 0.440. The van der Waals surface area contributed by atoms with Crippen LogP contribution in [0.2, 0.25) is 0 Å². The first-order valence-electron chi connectivity index (χ1n) is 11.9. The summed E-state index contributed by atoms with van der Waals surface area (Å²) in [5.74, 6) is 2.09. The van der Waals surface area contributed by atoms with Gasteiger partial charge < -0.3 is 14.2 Å². The third kappa shape index (κ3) is 5.04. The number of aromatic nitrogens is 3. The van der Waals surface area contributed by atoms with Gasteiger partial charge in [-0.3, -0.25) is 14.2 Å². The first kappa shape index (κ1) is 22.7. The summed E-state index contributed by atoms with van der Waals surface area (Å²) in [7, 11) is 0. The molecule has 0 unspecified atom stereocenters. The van der Waals surface area contributed by atoms with Gasteiger partial charge in [0.25, 0.3) is 0 Å². The molecule has 1 saturated carbocycles. The van der Waals surface area contributed by atoms with Crippen LogP contribution in [-0.2, 0) is 16.1 Å². The number of nitrogens with zero attached hydrogens (tertiary/aromatic N) is 5. The smallest absolute Gasteiger partial charge is 0.233 e. The molecule has 0 N–H and O–H groups in total. The lowest BCUT2D eigenvalue weighted by Crippen LogP contribution is -2.52. The Bertz CT molecular complexity index is 1100. The monoisotopic (exact) mass is 479 g/mol. The molecule has 2 aliphatic rings. The normalized spacial score (nSPS) is 16.8. The summed E-state index contributed by atoms with van der Waals surface area (Å²) in [6.45, 7) is 3.01. The minimum absolute atomic E-state index is 0.0618. The molecule has 0 spiro atoms. The van der Waals surface area contributed by atoms with Crippen LogP contribution in [0.15, 0.2) is 58.3 Å². The summed E-state index contributed by atoms with van der Waals surface area (Å²) >= 11 is 1.39. The van der Waals surface area contributed by atoms with Crippen LogP contribution >= 0.6 is 11.8 Å². The van der Waals surface area contributed by atoms with Crippen LogP contribution in [0.5, 0.6) is 0 Å². The second-order valence-corrected chi connectivity index (χ2v) is 9.77. The summed E-state index contributed by atoms with van der Waals surface area (Å²) in [5.41, 5.74) is 1.12. The van der Waals surface area contributed by atoms with Crippen LogP contribution < -0.4 is 0 Å². The van der Waals surface area contributed by atoms with E-state index in [-0.39, 0.29) is 23.5 Å². The Balaban J connectivity index is 1.21. The lowest BCUT2D eigenvalue weighted by Gasteiger charge is -2.36. The minimum atomic E-state index is 0.0618. The molecule has 3 heterocycles. The van der Waals surface area contributed by atoms with E-state index in [4.69, 9.17) is 4.42 Å². The maximum Gasteiger partial charge on any atom is 0.233 e. The predicted molar refractivity (Wildman–Crippen MR) is 129 cm³/mol. The minimum Gasteiger partial charge on any atom is -0.461 e. The van der Waals surface area contributed by atoms with E-state index in [0.29, 0.717) is 49.5 Å². The van der Waals surface area contributed by atoms with Crippen molar-refractivity contribution in [3.8, 4) is 11.6 Å². The van der Waals surface area contributed by atoms with Crippen molar-refractivity contribution in [2.75, 3.05) is 31.9 Å². The van der Waals surface area contributed by atoms with Crippen LogP contribution in [0.3, 0.4) is 0 Å². The van der Waals surface area contributed by atoms with E-state index in [1.807, 2.05) is 44.7 Å². The quantitative estimate of drug-likeness (QED) is 0.482. The van der Waals surface area contributed by atoms with Crippen molar-refractivity contribution in [3.05, 3.63) is 54.3 Å². The summed E-state index contributed by atoms with van der Waals surface area (Å²) in [5, 5.41) is 9.38. The standard InChI is InChI=1S/C25H29N5O3S/c31-22(28-12-14-29(15-13-28)24(32)20-9-4-5-10-20)18-34-25-27-26-23(21-11-6-16-33-21)30(25)17-19-7-2-1-3-8-19/h1-3,6-8,11,16,20H,4-5,9-10,12-15,17-18H2. The highest BCUT2D eigenvalue weighted by molar-refractivity contribution is 7.99. The molecule has 0 bridgehead atoms. The Labute approximate surface area is 203 Å². The number of furan rings is 1. The summed E-state index contributed by atoms with van der Waals surface area (Å²) in [4.78, 5) is 29.4. The van der Waals surface area contributed by atoms with Gasteiger partial charge in [0, 0.05) is 32.1 Å². The van der Waals surface area contributed by atoms with E-state index in [1.54, 1.807) is 6.26 Å². The van der Waals surface area contributed by atoms with E-state index in [0.717, 1.165) is 31.2 Å². The third-order valence-corrected chi connectivity index (χ3v) is 7.57. The maximum absolute atomic E-state index is 12.9. The van der Waals surface area contributed by atoms with Crippen molar-refractivity contribution in [1.29, 1.82) is 0 Å². The van der Waals surface area contributed by atoms with E-state index >= 15 is 0 Å². The van der Waals surface area contributed by atoms with Gasteiger partial charge in [0.05, 0.1) is 18.6 Å². The van der Waals surface area contributed by atoms with Crippen molar-refractivity contribution >= 4 is 23.6 Å². The molecule has 2 aromatic heterocycles. The fourth-order valence-corrected chi connectivity index (χ4v) is 5.56. The van der Waals surface area contributed by atoms with Gasteiger partial charge in [0.1, 0.15) is 0 Å². The van der Waals surface area contributed by atoms with Crippen molar-refractivity contribution in [2.45, 2.75) is 37.4 Å². The van der Waals surface area contributed by atoms with Gasteiger partial charge in [-0.2, -0.15) is 0 Å². The van der Waals surface area contributed by atoms with Crippen molar-refractivity contribution in [2.24, 2.45) is 5.92 Å². The number of carbonyl (C=O) groups is 2. The fourth-order valence-electron chi connectivity index (χ4n) is 4.72. The van der Waals surface area contributed by atoms with Crippen LogP contribution in [-0.4, -0.2) is 68.3 Å². The Morgan fingerprint density at radius 1 is 0.941 bits per heavy atom. The Morgan fingerprint density at radius 3 is 2.38 bits per heavy atom. The molecule has 1 saturated heterocycles. The summed E-state index contributed by atoms with van der Waals surface area (Å²) < 4.78 is 7.55. The molecule has 34 heavy (non-hydrogen) atoms. The lowest BCUT2D eigenvalue weighted by molar-refractivity contribution is -0.141. The van der Waals surface area contributed by atoms with Crippen LogP contribution in [0.4, 0.5) is 0 Å². The number of carbonyl (C=O) groups excluding carboxylic acids is 2. The van der Waals surface area contributed by atoms with Gasteiger partial charge >= 0.3 is 0 Å². The van der Waals surface area contributed by atoms with Crippen molar-refractivity contribution < 1.29 is 14.0 Å². The molecule has 0 atom stereocenters. The number of thioether (sulfide) groups is 1. The SMILES string of the molecule is O=C(CSc1nnc(-c2ccco2)n1Cc1ccccc1)N1CCN(C(=O)C2CCCC2)CC1. The molecule has 178 valence electrons. The first-order valence-corrected chi connectivity index (χ1v) is 12.9. The molecule has 2 amide bonds. The summed E-state index contributed by atoms with van der Waals surface area (Å²) in [6, 6.07) is 13.8. The number of hydrogen-bond acceptors (Lipinski definition) is 6. The van der Waals surface area contributed by atoms with Gasteiger partial charge in [-0.15, -0.1) is 10.2 Å².